The molecule has 0 spiro atoms. The summed E-state index contributed by atoms with van der Waals surface area (Å²) in [7, 11) is -2.14. The molecule has 0 fully saturated rings. The molecule has 0 aliphatic carbocycles. The Hall–Kier alpha value is -2.59. The molecular formula is C20H19ClF3N3O3S. The Morgan fingerprint density at radius 2 is 1.71 bits per heavy atom. The van der Waals surface area contributed by atoms with Gasteiger partial charge in [-0.1, -0.05) is 29.8 Å². The fraction of sp³-hybridized carbons (Fsp3) is 0.300. The van der Waals surface area contributed by atoms with Gasteiger partial charge in [0.15, 0.2) is 27.1 Å². The average Bonchev–Trinajstić information content (AvgIpc) is 3.04. The van der Waals surface area contributed by atoms with Gasteiger partial charge in [0, 0.05) is 23.9 Å². The smallest absolute Gasteiger partial charge is 0.417 e. The van der Waals surface area contributed by atoms with Crippen LogP contribution in [-0.2, 0) is 28.7 Å². The maximum atomic E-state index is 13.4. The first-order valence-corrected chi connectivity index (χ1v) is 11.2. The van der Waals surface area contributed by atoms with Crippen molar-refractivity contribution in [3.63, 3.8) is 0 Å². The standard InChI is InChI=1S/C20H19ClF3N3O3S/c1-19(2,30-15-10-9-12(21)11-16(15)31(4,28)29)18-26-25-17(27(18)3)13-7-5-6-8-14(13)20(22,23)24/h5-11H,1-4H3. The van der Waals surface area contributed by atoms with E-state index in [1.807, 2.05) is 0 Å². The number of ether oxygens (including phenoxy) is 1. The van der Waals surface area contributed by atoms with Crippen LogP contribution in [0.1, 0.15) is 25.2 Å². The van der Waals surface area contributed by atoms with E-state index in [9.17, 15) is 21.6 Å². The van der Waals surface area contributed by atoms with Crippen molar-refractivity contribution in [2.24, 2.45) is 7.05 Å². The highest BCUT2D eigenvalue weighted by Crippen LogP contribution is 2.38. The molecule has 166 valence electrons. The van der Waals surface area contributed by atoms with Crippen molar-refractivity contribution in [1.82, 2.24) is 14.8 Å². The molecule has 0 unspecified atom stereocenters. The Morgan fingerprint density at radius 3 is 2.32 bits per heavy atom. The van der Waals surface area contributed by atoms with E-state index in [0.717, 1.165) is 12.3 Å². The minimum atomic E-state index is -4.57. The topological polar surface area (TPSA) is 74.1 Å². The number of alkyl halides is 3. The SMILES string of the molecule is Cn1c(-c2ccccc2C(F)(F)F)nnc1C(C)(C)Oc1ccc(Cl)cc1S(C)(=O)=O. The lowest BCUT2D eigenvalue weighted by Crippen LogP contribution is -2.30. The van der Waals surface area contributed by atoms with Crippen LogP contribution in [-0.4, -0.2) is 29.4 Å². The second-order valence-corrected chi connectivity index (χ2v) is 9.85. The number of halogens is 4. The summed E-state index contributed by atoms with van der Waals surface area (Å²) in [6.45, 7) is 3.22. The van der Waals surface area contributed by atoms with Crippen molar-refractivity contribution in [2.45, 2.75) is 30.5 Å². The highest BCUT2D eigenvalue weighted by Gasteiger charge is 2.36. The molecule has 1 aromatic heterocycles. The zero-order valence-corrected chi connectivity index (χ0v) is 18.6. The van der Waals surface area contributed by atoms with Gasteiger partial charge in [-0.25, -0.2) is 8.42 Å². The molecule has 0 aliphatic rings. The van der Waals surface area contributed by atoms with Gasteiger partial charge in [0.1, 0.15) is 10.6 Å². The fourth-order valence-electron chi connectivity index (χ4n) is 3.19. The van der Waals surface area contributed by atoms with Crippen molar-refractivity contribution in [3.05, 3.63) is 58.9 Å². The van der Waals surface area contributed by atoms with Crippen LogP contribution in [0.4, 0.5) is 13.2 Å². The zero-order valence-electron chi connectivity index (χ0n) is 17.0. The molecule has 1 heterocycles. The van der Waals surface area contributed by atoms with E-state index in [2.05, 4.69) is 10.2 Å². The van der Waals surface area contributed by atoms with Crippen LogP contribution in [0.5, 0.6) is 5.75 Å². The van der Waals surface area contributed by atoms with Gasteiger partial charge in [-0.15, -0.1) is 10.2 Å². The molecule has 3 aromatic rings. The summed E-state index contributed by atoms with van der Waals surface area (Å²) in [5.41, 5.74) is -2.20. The molecular weight excluding hydrogens is 455 g/mol. The zero-order chi connectivity index (χ0) is 23.2. The van der Waals surface area contributed by atoms with Gasteiger partial charge >= 0.3 is 6.18 Å². The molecule has 2 aromatic carbocycles. The molecule has 3 rings (SSSR count). The summed E-state index contributed by atoms with van der Waals surface area (Å²) in [5, 5.41) is 8.20. The Labute approximate surface area is 182 Å². The maximum absolute atomic E-state index is 13.4. The Balaban J connectivity index is 2.06. The van der Waals surface area contributed by atoms with Gasteiger partial charge in [0.2, 0.25) is 0 Å². The maximum Gasteiger partial charge on any atom is 0.417 e. The molecule has 0 saturated heterocycles. The van der Waals surface area contributed by atoms with E-state index >= 15 is 0 Å². The predicted octanol–water partition coefficient (Wildman–Crippen LogP) is 4.87. The van der Waals surface area contributed by atoms with Crippen LogP contribution in [0.25, 0.3) is 11.4 Å². The number of rotatable bonds is 5. The quantitative estimate of drug-likeness (QED) is 0.528. The lowest BCUT2D eigenvalue weighted by Gasteiger charge is -2.26. The summed E-state index contributed by atoms with van der Waals surface area (Å²) in [4.78, 5) is -0.113. The summed E-state index contributed by atoms with van der Waals surface area (Å²) in [6, 6.07) is 9.21. The molecule has 0 radical (unpaired) electrons. The van der Waals surface area contributed by atoms with E-state index in [0.29, 0.717) is 0 Å². The Bertz CT molecular complexity index is 1240. The van der Waals surface area contributed by atoms with Gasteiger partial charge in [-0.3, -0.25) is 0 Å². The van der Waals surface area contributed by atoms with E-state index in [1.54, 1.807) is 13.8 Å². The van der Waals surface area contributed by atoms with Crippen LogP contribution >= 0.6 is 11.6 Å². The van der Waals surface area contributed by atoms with Crippen molar-refractivity contribution in [1.29, 1.82) is 0 Å². The first-order chi connectivity index (χ1) is 14.2. The van der Waals surface area contributed by atoms with Crippen LogP contribution < -0.4 is 4.74 Å². The van der Waals surface area contributed by atoms with Gasteiger partial charge in [0.05, 0.1) is 5.56 Å². The second-order valence-electron chi connectivity index (χ2n) is 7.43. The third kappa shape index (κ3) is 4.69. The Kier molecular flexibility index (Phi) is 5.83. The molecule has 0 amide bonds. The van der Waals surface area contributed by atoms with Crippen molar-refractivity contribution < 1.29 is 26.3 Å². The first-order valence-electron chi connectivity index (χ1n) is 8.97. The van der Waals surface area contributed by atoms with Crippen LogP contribution in [0.3, 0.4) is 0 Å². The lowest BCUT2D eigenvalue weighted by atomic mass is 10.1. The van der Waals surface area contributed by atoms with Gasteiger partial charge in [-0.05, 0) is 38.1 Å². The van der Waals surface area contributed by atoms with E-state index in [4.69, 9.17) is 16.3 Å². The lowest BCUT2D eigenvalue weighted by molar-refractivity contribution is -0.137. The number of benzene rings is 2. The average molecular weight is 474 g/mol. The van der Waals surface area contributed by atoms with Crippen molar-refractivity contribution >= 4 is 21.4 Å². The van der Waals surface area contributed by atoms with Crippen LogP contribution in [0.2, 0.25) is 5.02 Å². The minimum Gasteiger partial charge on any atom is -0.478 e. The first kappa shape index (κ1) is 23.1. The van der Waals surface area contributed by atoms with Gasteiger partial charge in [-0.2, -0.15) is 13.2 Å². The minimum absolute atomic E-state index is 0.000886. The largest absolute Gasteiger partial charge is 0.478 e. The van der Waals surface area contributed by atoms with E-state index in [-0.39, 0.29) is 32.9 Å². The predicted molar refractivity (Wildman–Crippen MR) is 110 cm³/mol. The molecule has 0 saturated carbocycles. The van der Waals surface area contributed by atoms with Crippen molar-refractivity contribution in [2.75, 3.05) is 6.26 Å². The van der Waals surface area contributed by atoms with E-state index < -0.39 is 27.2 Å². The van der Waals surface area contributed by atoms with E-state index in [1.165, 1.54) is 48.0 Å². The fourth-order valence-corrected chi connectivity index (χ4v) is 4.24. The summed E-state index contributed by atoms with van der Waals surface area (Å²) >= 11 is 5.92. The number of hydrogen-bond donors (Lipinski definition) is 0. The van der Waals surface area contributed by atoms with Crippen LogP contribution in [0.15, 0.2) is 47.4 Å². The van der Waals surface area contributed by atoms with Gasteiger partial charge < -0.3 is 9.30 Å². The summed E-state index contributed by atoms with van der Waals surface area (Å²) in [5.74, 6) is 0.241. The molecule has 0 N–H and O–H groups in total. The summed E-state index contributed by atoms with van der Waals surface area (Å²) in [6.07, 6.45) is -3.55. The van der Waals surface area contributed by atoms with Crippen LogP contribution in [0, 0.1) is 0 Å². The number of hydrogen-bond acceptors (Lipinski definition) is 5. The Morgan fingerprint density at radius 1 is 1.06 bits per heavy atom. The normalized spacial score (nSPS) is 12.8. The van der Waals surface area contributed by atoms with Gasteiger partial charge in [0.25, 0.3) is 0 Å². The second kappa shape index (κ2) is 7.83. The molecule has 31 heavy (non-hydrogen) atoms. The molecule has 6 nitrogen and oxygen atoms in total. The molecule has 0 bridgehead atoms. The highest BCUT2D eigenvalue weighted by atomic mass is 35.5. The number of sulfone groups is 1. The monoisotopic (exact) mass is 473 g/mol. The number of aromatic nitrogens is 3. The third-order valence-electron chi connectivity index (χ3n) is 4.56. The van der Waals surface area contributed by atoms with Crippen molar-refractivity contribution in [3.8, 4) is 17.1 Å². The summed E-state index contributed by atoms with van der Waals surface area (Å²) < 4.78 is 71.9. The molecule has 0 atom stereocenters. The third-order valence-corrected chi connectivity index (χ3v) is 5.91. The molecule has 11 heteroatoms. The highest BCUT2D eigenvalue weighted by molar-refractivity contribution is 7.90. The molecule has 0 aliphatic heterocycles. The number of nitrogens with zero attached hydrogens (tertiary/aromatic N) is 3.